The molecular weight excluding hydrogens is 310 g/mol. The van der Waals surface area contributed by atoms with Gasteiger partial charge in [-0.05, 0) is 6.92 Å². The molecule has 0 radical (unpaired) electrons. The number of carbonyl (C=O) groups is 3. The van der Waals surface area contributed by atoms with Crippen molar-refractivity contribution in [2.75, 3.05) is 17.7 Å². The Hall–Kier alpha value is -0.560. The molecule has 0 bridgehead atoms. The number of hydrogen-bond acceptors (Lipinski definition) is 5. The van der Waals surface area contributed by atoms with Crippen molar-refractivity contribution in [3.8, 4) is 0 Å². The van der Waals surface area contributed by atoms with Gasteiger partial charge >= 0.3 is 5.97 Å². The van der Waals surface area contributed by atoms with Gasteiger partial charge in [0.15, 0.2) is 5.12 Å². The highest BCUT2D eigenvalue weighted by Crippen LogP contribution is 2.09. The second-order valence-corrected chi connectivity index (χ2v) is 5.00. The Morgan fingerprint density at radius 3 is 2.53 bits per heavy atom. The molecule has 0 aromatic rings. The minimum Gasteiger partial charge on any atom is -0.464 e. The Kier molecular flexibility index (Phi) is 9.16. The summed E-state index contributed by atoms with van der Waals surface area (Å²) in [4.78, 5) is 33.7. The van der Waals surface area contributed by atoms with Crippen molar-refractivity contribution in [3.05, 3.63) is 0 Å². The van der Waals surface area contributed by atoms with Crippen LogP contribution in [0, 0.1) is 0 Å². The molecular formula is C10H16BrNO4S. The SMILES string of the molecule is CCOC(=O)[C@H](CSC(=O)CCBr)NC(C)=O. The molecule has 0 aliphatic heterocycles. The first-order valence-corrected chi connectivity index (χ1v) is 7.27. The van der Waals surface area contributed by atoms with Gasteiger partial charge in [-0.15, -0.1) is 0 Å². The number of ether oxygens (including phenoxy) is 1. The van der Waals surface area contributed by atoms with Crippen molar-refractivity contribution < 1.29 is 19.1 Å². The first kappa shape index (κ1) is 16.4. The first-order valence-electron chi connectivity index (χ1n) is 5.16. The summed E-state index contributed by atoms with van der Waals surface area (Å²) in [6.07, 6.45) is 0.389. The van der Waals surface area contributed by atoms with Crippen molar-refractivity contribution in [1.82, 2.24) is 5.32 Å². The molecule has 0 heterocycles. The molecule has 7 heteroatoms. The van der Waals surface area contributed by atoms with E-state index in [4.69, 9.17) is 4.74 Å². The zero-order valence-corrected chi connectivity index (χ0v) is 12.2. The molecule has 1 atom stereocenters. The molecule has 0 saturated carbocycles. The summed E-state index contributed by atoms with van der Waals surface area (Å²) in [5, 5.41) is 3.02. The summed E-state index contributed by atoms with van der Waals surface area (Å²) in [6, 6.07) is -0.767. The van der Waals surface area contributed by atoms with Crippen LogP contribution in [0.5, 0.6) is 0 Å². The van der Waals surface area contributed by atoms with Crippen molar-refractivity contribution in [2.45, 2.75) is 26.3 Å². The molecule has 0 aromatic carbocycles. The third kappa shape index (κ3) is 8.20. The van der Waals surface area contributed by atoms with Gasteiger partial charge in [0, 0.05) is 24.4 Å². The number of amides is 1. The fourth-order valence-corrected chi connectivity index (χ4v) is 2.42. The van der Waals surface area contributed by atoms with Crippen LogP contribution < -0.4 is 5.32 Å². The lowest BCUT2D eigenvalue weighted by atomic mass is 10.3. The van der Waals surface area contributed by atoms with E-state index < -0.39 is 12.0 Å². The second kappa shape index (κ2) is 9.47. The second-order valence-electron chi connectivity index (χ2n) is 3.13. The fourth-order valence-electron chi connectivity index (χ4n) is 0.982. The van der Waals surface area contributed by atoms with Gasteiger partial charge in [0.25, 0.3) is 0 Å². The molecule has 0 aliphatic rings. The molecule has 0 aliphatic carbocycles. The van der Waals surface area contributed by atoms with E-state index in [2.05, 4.69) is 21.2 Å². The van der Waals surface area contributed by atoms with E-state index in [1.165, 1.54) is 6.92 Å². The molecule has 0 saturated heterocycles. The maximum atomic E-state index is 11.5. The quantitative estimate of drug-likeness (QED) is 0.560. The van der Waals surface area contributed by atoms with Crippen LogP contribution in [0.1, 0.15) is 20.3 Å². The highest BCUT2D eigenvalue weighted by Gasteiger charge is 2.21. The molecule has 0 unspecified atom stereocenters. The van der Waals surface area contributed by atoms with Gasteiger partial charge in [-0.2, -0.15) is 0 Å². The zero-order valence-electron chi connectivity index (χ0n) is 9.82. The Labute approximate surface area is 113 Å². The molecule has 0 fully saturated rings. The van der Waals surface area contributed by atoms with Crippen molar-refractivity contribution in [2.24, 2.45) is 0 Å². The molecule has 1 amide bonds. The molecule has 0 spiro atoms. The summed E-state index contributed by atoms with van der Waals surface area (Å²) >= 11 is 4.18. The third-order valence-electron chi connectivity index (χ3n) is 1.66. The van der Waals surface area contributed by atoms with Gasteiger partial charge in [-0.25, -0.2) is 4.79 Å². The van der Waals surface area contributed by atoms with Crippen LogP contribution in [0.2, 0.25) is 0 Å². The van der Waals surface area contributed by atoms with E-state index >= 15 is 0 Å². The molecule has 98 valence electrons. The van der Waals surface area contributed by atoms with E-state index in [-0.39, 0.29) is 23.4 Å². The van der Waals surface area contributed by atoms with E-state index in [0.29, 0.717) is 11.8 Å². The predicted molar refractivity (Wildman–Crippen MR) is 70.1 cm³/mol. The van der Waals surface area contributed by atoms with Crippen LogP contribution in [0.4, 0.5) is 0 Å². The van der Waals surface area contributed by atoms with Gasteiger partial charge in [0.05, 0.1) is 6.61 Å². The van der Waals surface area contributed by atoms with E-state index in [0.717, 1.165) is 11.8 Å². The molecule has 1 N–H and O–H groups in total. The summed E-state index contributed by atoms with van der Waals surface area (Å²) in [5.74, 6) is -0.636. The number of hydrogen-bond donors (Lipinski definition) is 1. The standard InChI is InChI=1S/C10H16BrNO4S/c1-3-16-10(15)8(12-7(2)13)6-17-9(14)4-5-11/h8H,3-6H2,1-2H3,(H,12,13)/t8-/m0/s1. The van der Waals surface area contributed by atoms with Gasteiger partial charge < -0.3 is 10.1 Å². The van der Waals surface area contributed by atoms with Crippen LogP contribution >= 0.6 is 27.7 Å². The summed E-state index contributed by atoms with van der Waals surface area (Å²) in [5.41, 5.74) is 0. The molecule has 0 rings (SSSR count). The molecule has 0 aromatic heterocycles. The maximum absolute atomic E-state index is 11.5. The summed E-state index contributed by atoms with van der Waals surface area (Å²) < 4.78 is 4.81. The zero-order chi connectivity index (χ0) is 13.3. The average molecular weight is 326 g/mol. The molecule has 17 heavy (non-hydrogen) atoms. The number of carbonyl (C=O) groups excluding carboxylic acids is 3. The largest absolute Gasteiger partial charge is 0.464 e. The smallest absolute Gasteiger partial charge is 0.329 e. The lowest BCUT2D eigenvalue weighted by Crippen LogP contribution is -2.42. The third-order valence-corrected chi connectivity index (χ3v) is 3.08. The van der Waals surface area contributed by atoms with Gasteiger partial charge in [-0.3, -0.25) is 9.59 Å². The number of rotatable bonds is 7. The van der Waals surface area contributed by atoms with Crippen LogP contribution in [0.3, 0.4) is 0 Å². The highest BCUT2D eigenvalue weighted by molar-refractivity contribution is 9.09. The minimum absolute atomic E-state index is 0.0264. The Morgan fingerprint density at radius 1 is 1.41 bits per heavy atom. The molecule has 5 nitrogen and oxygen atoms in total. The summed E-state index contributed by atoms with van der Waals surface area (Å²) in [6.45, 7) is 3.25. The predicted octanol–water partition coefficient (Wildman–Crippen LogP) is 1.10. The normalized spacial score (nSPS) is 11.7. The average Bonchev–Trinajstić information content (AvgIpc) is 2.24. The van der Waals surface area contributed by atoms with Crippen LogP contribution in [-0.4, -0.2) is 40.7 Å². The first-order chi connectivity index (χ1) is 8.01. The van der Waals surface area contributed by atoms with E-state index in [9.17, 15) is 14.4 Å². The monoisotopic (exact) mass is 325 g/mol. The van der Waals surface area contributed by atoms with E-state index in [1.807, 2.05) is 0 Å². The lowest BCUT2D eigenvalue weighted by molar-refractivity contribution is -0.146. The number of thioether (sulfide) groups is 1. The minimum atomic E-state index is -0.767. The lowest BCUT2D eigenvalue weighted by Gasteiger charge is -2.15. The number of alkyl halides is 1. The Bertz CT molecular complexity index is 285. The Balaban J connectivity index is 4.23. The number of nitrogens with one attached hydrogen (secondary N) is 1. The summed E-state index contributed by atoms with van der Waals surface area (Å²) in [7, 11) is 0. The van der Waals surface area contributed by atoms with Crippen LogP contribution in [0.15, 0.2) is 0 Å². The topological polar surface area (TPSA) is 72.5 Å². The van der Waals surface area contributed by atoms with E-state index in [1.54, 1.807) is 6.92 Å². The van der Waals surface area contributed by atoms with Gasteiger partial charge in [-0.1, -0.05) is 27.7 Å². The van der Waals surface area contributed by atoms with Gasteiger partial charge in [0.2, 0.25) is 5.91 Å². The maximum Gasteiger partial charge on any atom is 0.329 e. The number of esters is 1. The highest BCUT2D eigenvalue weighted by atomic mass is 79.9. The Morgan fingerprint density at radius 2 is 2.06 bits per heavy atom. The van der Waals surface area contributed by atoms with Crippen molar-refractivity contribution in [3.63, 3.8) is 0 Å². The van der Waals surface area contributed by atoms with Crippen molar-refractivity contribution >= 4 is 44.7 Å². The van der Waals surface area contributed by atoms with Gasteiger partial charge in [0.1, 0.15) is 6.04 Å². The fraction of sp³-hybridized carbons (Fsp3) is 0.700. The number of halogens is 1. The van der Waals surface area contributed by atoms with Crippen molar-refractivity contribution in [1.29, 1.82) is 0 Å². The van der Waals surface area contributed by atoms with Crippen LogP contribution in [0.25, 0.3) is 0 Å². The van der Waals surface area contributed by atoms with Crippen LogP contribution in [-0.2, 0) is 19.1 Å².